The Morgan fingerprint density at radius 2 is 1.97 bits per heavy atom. The molecule has 6 nitrogen and oxygen atoms in total. The Balaban J connectivity index is 1.48. The Kier molecular flexibility index (Phi) is 6.57. The number of hydrogen-bond acceptors (Lipinski definition) is 6. The van der Waals surface area contributed by atoms with Crippen LogP contribution in [0.2, 0.25) is 0 Å². The molecular formula is C25H26FN3O3S2. The largest absolute Gasteiger partial charge is 0.287 e. The first-order valence-electron chi connectivity index (χ1n) is 11.8. The molecule has 0 radical (unpaired) electrons. The van der Waals surface area contributed by atoms with Gasteiger partial charge >= 0.3 is 0 Å². The highest BCUT2D eigenvalue weighted by atomic mass is 32.2. The molecule has 2 aliphatic rings. The molecule has 178 valence electrons. The van der Waals surface area contributed by atoms with E-state index in [0.29, 0.717) is 31.1 Å². The highest BCUT2D eigenvalue weighted by Crippen LogP contribution is 2.37. The number of thioether (sulfide) groups is 1. The number of halogens is 1. The topological polar surface area (TPSA) is 72.3 Å². The van der Waals surface area contributed by atoms with Gasteiger partial charge in [0.2, 0.25) is 5.91 Å². The molecule has 34 heavy (non-hydrogen) atoms. The molecule has 0 unspecified atom stereocenters. The molecule has 3 heterocycles. The van der Waals surface area contributed by atoms with Crippen molar-refractivity contribution in [1.82, 2.24) is 14.5 Å². The van der Waals surface area contributed by atoms with Crippen molar-refractivity contribution in [2.75, 3.05) is 6.54 Å². The second-order valence-corrected chi connectivity index (χ2v) is 11.0. The molecule has 5 rings (SSSR count). The summed E-state index contributed by atoms with van der Waals surface area (Å²) in [4.78, 5) is 48.1. The number of aromatic nitrogens is 2. The summed E-state index contributed by atoms with van der Waals surface area (Å²) in [6.45, 7) is 2.88. The number of hydrogen-bond donors (Lipinski definition) is 0. The number of aryl methyl sites for hydroxylation is 2. The maximum absolute atomic E-state index is 13.5. The Bertz CT molecular complexity index is 1320. The second-order valence-electron chi connectivity index (χ2n) is 8.79. The summed E-state index contributed by atoms with van der Waals surface area (Å²) in [5.74, 6) is -1.12. The molecule has 0 spiro atoms. The van der Waals surface area contributed by atoms with Crippen molar-refractivity contribution < 1.29 is 14.0 Å². The van der Waals surface area contributed by atoms with Gasteiger partial charge in [0, 0.05) is 23.5 Å². The zero-order valence-corrected chi connectivity index (χ0v) is 20.6. The molecule has 1 saturated heterocycles. The first-order chi connectivity index (χ1) is 16.5. The maximum atomic E-state index is 13.5. The lowest BCUT2D eigenvalue weighted by Crippen LogP contribution is -2.41. The predicted molar refractivity (Wildman–Crippen MR) is 132 cm³/mol. The molecule has 1 fully saturated rings. The fraction of sp³-hybridized carbons (Fsp3) is 0.440. The standard InChI is InChI=1S/C25H26FN3O3S2/c1-2-13-29-24(32)20-17-6-5-8-18(17)33-21(20)27-25(29)34-19-7-3-4-14-28(23(19)31)22(30)15-9-11-16(26)12-10-15/h9-12,19H,2-8,13-14H2,1H3/t19-/m0/s1. The van der Waals surface area contributed by atoms with E-state index in [0.717, 1.165) is 47.9 Å². The van der Waals surface area contributed by atoms with Gasteiger partial charge in [0.15, 0.2) is 5.16 Å². The van der Waals surface area contributed by atoms with Crippen LogP contribution in [0.25, 0.3) is 10.2 Å². The molecule has 1 aliphatic heterocycles. The normalized spacial score (nSPS) is 18.4. The first-order valence-corrected chi connectivity index (χ1v) is 13.5. The van der Waals surface area contributed by atoms with Crippen LogP contribution in [-0.2, 0) is 24.2 Å². The van der Waals surface area contributed by atoms with Gasteiger partial charge in [0.05, 0.1) is 10.6 Å². The molecule has 9 heteroatoms. The highest BCUT2D eigenvalue weighted by molar-refractivity contribution is 8.00. The molecule has 0 saturated carbocycles. The van der Waals surface area contributed by atoms with Gasteiger partial charge in [0.1, 0.15) is 10.6 Å². The third-order valence-electron chi connectivity index (χ3n) is 6.46. The minimum atomic E-state index is -0.508. The van der Waals surface area contributed by atoms with E-state index in [1.54, 1.807) is 15.9 Å². The third-order valence-corrected chi connectivity index (χ3v) is 8.89. The number of likely N-dealkylation sites (tertiary alicyclic amines) is 1. The number of fused-ring (bicyclic) bond motifs is 3. The van der Waals surface area contributed by atoms with Crippen LogP contribution in [0.3, 0.4) is 0 Å². The number of nitrogens with zero attached hydrogens (tertiary/aromatic N) is 3. The lowest BCUT2D eigenvalue weighted by Gasteiger charge is -2.23. The van der Waals surface area contributed by atoms with Gasteiger partial charge < -0.3 is 0 Å². The molecule has 0 N–H and O–H groups in total. The third kappa shape index (κ3) is 4.20. The second kappa shape index (κ2) is 9.62. The molecule has 0 bridgehead atoms. The fourth-order valence-electron chi connectivity index (χ4n) is 4.76. The average molecular weight is 500 g/mol. The van der Waals surface area contributed by atoms with E-state index in [1.807, 2.05) is 6.92 Å². The van der Waals surface area contributed by atoms with Crippen molar-refractivity contribution in [2.45, 2.75) is 68.8 Å². The van der Waals surface area contributed by atoms with Gasteiger partial charge in [-0.25, -0.2) is 9.37 Å². The molecular weight excluding hydrogens is 473 g/mol. The molecule has 3 aromatic rings. The van der Waals surface area contributed by atoms with Crippen molar-refractivity contribution in [3.63, 3.8) is 0 Å². The maximum Gasteiger partial charge on any atom is 0.263 e. The van der Waals surface area contributed by atoms with E-state index in [-0.39, 0.29) is 17.0 Å². The van der Waals surface area contributed by atoms with E-state index < -0.39 is 17.0 Å². The number of imide groups is 1. The lowest BCUT2D eigenvalue weighted by molar-refractivity contribution is -0.127. The van der Waals surface area contributed by atoms with Gasteiger partial charge in [-0.2, -0.15) is 0 Å². The summed E-state index contributed by atoms with van der Waals surface area (Å²) in [5.41, 5.74) is 1.42. The minimum absolute atomic E-state index is 0.0194. The molecule has 1 aromatic carbocycles. The van der Waals surface area contributed by atoms with Crippen LogP contribution in [0.1, 0.15) is 59.8 Å². The van der Waals surface area contributed by atoms with Crippen LogP contribution in [0.5, 0.6) is 0 Å². The average Bonchev–Trinajstić information content (AvgIpc) is 3.36. The Hall–Kier alpha value is -2.52. The van der Waals surface area contributed by atoms with Gasteiger partial charge in [-0.15, -0.1) is 11.3 Å². The number of carbonyl (C=O) groups is 2. The fourth-order valence-corrected chi connectivity index (χ4v) is 7.28. The van der Waals surface area contributed by atoms with Crippen molar-refractivity contribution in [3.8, 4) is 0 Å². The van der Waals surface area contributed by atoms with Crippen LogP contribution in [0.4, 0.5) is 4.39 Å². The van der Waals surface area contributed by atoms with Crippen molar-refractivity contribution in [2.24, 2.45) is 0 Å². The quantitative estimate of drug-likeness (QED) is 0.372. The monoisotopic (exact) mass is 499 g/mol. The highest BCUT2D eigenvalue weighted by Gasteiger charge is 2.34. The van der Waals surface area contributed by atoms with Crippen LogP contribution in [0, 0.1) is 5.82 Å². The van der Waals surface area contributed by atoms with Crippen LogP contribution in [0.15, 0.2) is 34.2 Å². The molecule has 1 atom stereocenters. The van der Waals surface area contributed by atoms with Crippen molar-refractivity contribution in [3.05, 3.63) is 56.4 Å². The summed E-state index contributed by atoms with van der Waals surface area (Å²) in [6, 6.07) is 5.26. The number of benzene rings is 1. The summed E-state index contributed by atoms with van der Waals surface area (Å²) < 4.78 is 15.0. The zero-order valence-electron chi connectivity index (χ0n) is 19.0. The van der Waals surface area contributed by atoms with E-state index in [9.17, 15) is 18.8 Å². The minimum Gasteiger partial charge on any atom is -0.287 e. The SMILES string of the molecule is CCCn1c(S[C@H]2CCCCN(C(=O)c3ccc(F)cc3)C2=O)nc2sc3c(c2c1=O)CCC3. The Labute approximate surface area is 205 Å². The Morgan fingerprint density at radius 1 is 1.18 bits per heavy atom. The number of rotatable bonds is 5. The number of amides is 2. The van der Waals surface area contributed by atoms with Crippen LogP contribution in [-0.4, -0.2) is 38.1 Å². The van der Waals surface area contributed by atoms with E-state index in [4.69, 9.17) is 4.98 Å². The van der Waals surface area contributed by atoms with Gasteiger partial charge in [0.25, 0.3) is 11.5 Å². The van der Waals surface area contributed by atoms with E-state index in [1.165, 1.54) is 45.8 Å². The van der Waals surface area contributed by atoms with E-state index in [2.05, 4.69) is 0 Å². The smallest absolute Gasteiger partial charge is 0.263 e. The summed E-state index contributed by atoms with van der Waals surface area (Å²) in [5, 5.41) is 0.787. The lowest BCUT2D eigenvalue weighted by atomic mass is 10.2. The van der Waals surface area contributed by atoms with Crippen LogP contribution >= 0.6 is 23.1 Å². The Morgan fingerprint density at radius 3 is 2.74 bits per heavy atom. The summed E-state index contributed by atoms with van der Waals surface area (Å²) in [6.07, 6.45) is 5.89. The van der Waals surface area contributed by atoms with E-state index >= 15 is 0 Å². The predicted octanol–water partition coefficient (Wildman–Crippen LogP) is 4.81. The van der Waals surface area contributed by atoms with Gasteiger partial charge in [-0.1, -0.05) is 25.1 Å². The van der Waals surface area contributed by atoms with Crippen molar-refractivity contribution in [1.29, 1.82) is 0 Å². The number of carbonyl (C=O) groups excluding carboxylic acids is 2. The number of thiophene rings is 1. The van der Waals surface area contributed by atoms with Gasteiger partial charge in [-0.3, -0.25) is 23.9 Å². The molecule has 2 aromatic heterocycles. The van der Waals surface area contributed by atoms with Crippen LogP contribution < -0.4 is 5.56 Å². The van der Waals surface area contributed by atoms with Gasteiger partial charge in [-0.05, 0) is 68.4 Å². The summed E-state index contributed by atoms with van der Waals surface area (Å²) in [7, 11) is 0. The molecule has 1 aliphatic carbocycles. The summed E-state index contributed by atoms with van der Waals surface area (Å²) >= 11 is 2.89. The van der Waals surface area contributed by atoms with Crippen molar-refractivity contribution >= 4 is 45.1 Å². The first kappa shape index (κ1) is 23.2. The zero-order chi connectivity index (χ0) is 23.8. The molecule has 2 amide bonds.